The Bertz CT molecular complexity index is 1030. The Morgan fingerprint density at radius 2 is 1.45 bits per heavy atom. The molecule has 94 valence electrons. The van der Waals surface area contributed by atoms with E-state index in [0.29, 0.717) is 32.9 Å². The molecule has 0 aliphatic carbocycles. The second-order valence-electron chi connectivity index (χ2n) is 4.46. The van der Waals surface area contributed by atoms with Gasteiger partial charge in [-0.3, -0.25) is 4.79 Å². The summed E-state index contributed by atoms with van der Waals surface area (Å²) < 4.78 is 0. The fourth-order valence-corrected chi connectivity index (χ4v) is 2.59. The van der Waals surface area contributed by atoms with Crippen molar-refractivity contribution in [3.63, 3.8) is 0 Å². The maximum Gasteiger partial charge on any atom is 0.196 e. The van der Waals surface area contributed by atoms with Crippen LogP contribution in [0.5, 0.6) is 0 Å². The molecule has 4 N–H and O–H groups in total. The third-order valence-electron chi connectivity index (χ3n) is 3.44. The van der Waals surface area contributed by atoms with E-state index < -0.39 is 0 Å². The minimum absolute atomic E-state index is 0.126. The van der Waals surface area contributed by atoms with Gasteiger partial charge in [0.1, 0.15) is 17.7 Å². The van der Waals surface area contributed by atoms with Crippen molar-refractivity contribution in [2.24, 2.45) is 0 Å². The van der Waals surface area contributed by atoms with Crippen LogP contribution in [0.4, 0.5) is 11.4 Å². The van der Waals surface area contributed by atoms with Gasteiger partial charge in [0.25, 0.3) is 0 Å². The predicted octanol–water partition coefficient (Wildman–Crippen LogP) is 0.872. The highest BCUT2D eigenvalue weighted by atomic mass is 16.1. The molecule has 0 heterocycles. The largest absolute Gasteiger partial charge is 0.398 e. The zero-order chi connectivity index (χ0) is 14.4. The molecule has 0 fully saturated rings. The number of benzene rings is 2. The van der Waals surface area contributed by atoms with Gasteiger partial charge in [-0.1, -0.05) is 6.07 Å². The van der Waals surface area contributed by atoms with Crippen molar-refractivity contribution in [1.29, 1.82) is 10.5 Å². The summed E-state index contributed by atoms with van der Waals surface area (Å²) in [6, 6.07) is 10.0. The van der Waals surface area contributed by atoms with E-state index in [1.807, 2.05) is 0 Å². The van der Waals surface area contributed by atoms with Crippen LogP contribution in [0, 0.1) is 22.7 Å². The molecule has 0 unspecified atom stereocenters. The molecule has 0 aliphatic heterocycles. The summed E-state index contributed by atoms with van der Waals surface area (Å²) in [5.74, 6) is 0. The summed E-state index contributed by atoms with van der Waals surface area (Å²) in [5, 5.41) is 20.3. The maximum absolute atomic E-state index is 12.4. The number of nitriles is 2. The SMILES string of the molecule is N#CC(C#N)=c1c(=O)c2ccc(N)c3c(N)ccc1c32. The lowest BCUT2D eigenvalue weighted by molar-refractivity contribution is 1.50. The fraction of sp³-hybridized carbons (Fsp3) is 0. The van der Waals surface area contributed by atoms with E-state index in [1.165, 1.54) is 0 Å². The van der Waals surface area contributed by atoms with Crippen molar-refractivity contribution in [2.75, 3.05) is 11.5 Å². The van der Waals surface area contributed by atoms with Gasteiger partial charge in [-0.05, 0) is 23.6 Å². The van der Waals surface area contributed by atoms with Crippen molar-refractivity contribution in [3.8, 4) is 12.1 Å². The van der Waals surface area contributed by atoms with Crippen LogP contribution < -0.4 is 22.1 Å². The lowest BCUT2D eigenvalue weighted by Gasteiger charge is -2.05. The van der Waals surface area contributed by atoms with Crippen molar-refractivity contribution in [1.82, 2.24) is 0 Å². The number of nitrogens with two attached hydrogens (primary N) is 2. The highest BCUT2D eigenvalue weighted by Crippen LogP contribution is 2.32. The standard InChI is InChI=1S/C15H8N4O/c16-5-7(6-17)12-8-1-3-10(18)14-11(19)4-2-9(13(8)14)15(12)20/h1-4H,18-19H2. The van der Waals surface area contributed by atoms with Crippen LogP contribution in [0.2, 0.25) is 0 Å². The summed E-state index contributed by atoms with van der Waals surface area (Å²) in [7, 11) is 0. The average Bonchev–Trinajstić information content (AvgIpc) is 2.72. The first-order chi connectivity index (χ1) is 9.60. The highest BCUT2D eigenvalue weighted by Gasteiger charge is 2.16. The highest BCUT2D eigenvalue weighted by molar-refractivity contribution is 6.20. The quantitative estimate of drug-likeness (QED) is 0.582. The van der Waals surface area contributed by atoms with Gasteiger partial charge in [0.15, 0.2) is 5.43 Å². The van der Waals surface area contributed by atoms with Crippen LogP contribution in [0.25, 0.3) is 27.1 Å². The average molecular weight is 260 g/mol. The van der Waals surface area contributed by atoms with Gasteiger partial charge in [-0.25, -0.2) is 0 Å². The van der Waals surface area contributed by atoms with E-state index in [-0.39, 0.29) is 16.2 Å². The molecule has 3 aromatic rings. The number of nitrogen functional groups attached to an aromatic ring is 2. The number of nitrogens with zero attached hydrogens (tertiary/aromatic N) is 2. The topological polar surface area (TPSA) is 117 Å². The van der Waals surface area contributed by atoms with Gasteiger partial charge in [0.05, 0.1) is 5.22 Å². The normalized spacial score (nSPS) is 10.5. The smallest absolute Gasteiger partial charge is 0.196 e. The van der Waals surface area contributed by atoms with Crippen molar-refractivity contribution in [3.05, 3.63) is 39.7 Å². The molecule has 3 rings (SSSR count). The first-order valence-electron chi connectivity index (χ1n) is 5.80. The van der Waals surface area contributed by atoms with Crippen molar-refractivity contribution in [2.45, 2.75) is 0 Å². The Morgan fingerprint density at radius 1 is 0.900 bits per heavy atom. The number of hydrogen-bond acceptors (Lipinski definition) is 5. The summed E-state index contributed by atoms with van der Waals surface area (Å²) in [6.07, 6.45) is 0. The Kier molecular flexibility index (Phi) is 2.26. The van der Waals surface area contributed by atoms with E-state index in [1.54, 1.807) is 36.4 Å². The van der Waals surface area contributed by atoms with Crippen LogP contribution >= 0.6 is 0 Å². The number of rotatable bonds is 0. The molecule has 0 bridgehead atoms. The molecular formula is C15H8N4O. The van der Waals surface area contributed by atoms with E-state index in [9.17, 15) is 4.79 Å². The molecule has 5 heteroatoms. The first kappa shape index (κ1) is 11.8. The van der Waals surface area contributed by atoms with Gasteiger partial charge in [0, 0.05) is 27.5 Å². The summed E-state index contributed by atoms with van der Waals surface area (Å²) in [5.41, 5.74) is 12.2. The molecule has 0 aromatic heterocycles. The first-order valence-corrected chi connectivity index (χ1v) is 5.80. The van der Waals surface area contributed by atoms with Crippen LogP contribution in [-0.2, 0) is 0 Å². The van der Waals surface area contributed by atoms with E-state index in [0.717, 1.165) is 0 Å². The number of anilines is 2. The Labute approximate surface area is 113 Å². The molecule has 0 aliphatic rings. The minimum atomic E-state index is -0.339. The van der Waals surface area contributed by atoms with Gasteiger partial charge >= 0.3 is 0 Å². The Hall–Kier alpha value is -3.31. The molecule has 0 saturated heterocycles. The molecule has 3 aromatic carbocycles. The van der Waals surface area contributed by atoms with Crippen LogP contribution in [0.1, 0.15) is 0 Å². The molecular weight excluding hydrogens is 252 g/mol. The minimum Gasteiger partial charge on any atom is -0.398 e. The Balaban J connectivity index is 2.84. The fourth-order valence-electron chi connectivity index (χ4n) is 2.59. The summed E-state index contributed by atoms with van der Waals surface area (Å²) in [6.45, 7) is 0. The molecule has 0 amide bonds. The zero-order valence-corrected chi connectivity index (χ0v) is 10.3. The van der Waals surface area contributed by atoms with E-state index in [4.69, 9.17) is 22.0 Å². The molecule has 0 radical (unpaired) electrons. The van der Waals surface area contributed by atoms with Crippen LogP contribution in [0.3, 0.4) is 0 Å². The lowest BCUT2D eigenvalue weighted by atomic mass is 10.0. The molecule has 0 spiro atoms. The number of hydrogen-bond donors (Lipinski definition) is 2. The van der Waals surface area contributed by atoms with Gasteiger partial charge in [-0.2, -0.15) is 10.5 Å². The van der Waals surface area contributed by atoms with Crippen LogP contribution in [0.15, 0.2) is 29.1 Å². The van der Waals surface area contributed by atoms with Crippen molar-refractivity contribution >= 4 is 38.5 Å². The second kappa shape index (κ2) is 3.84. The zero-order valence-electron chi connectivity index (χ0n) is 10.3. The summed E-state index contributed by atoms with van der Waals surface area (Å²) >= 11 is 0. The van der Waals surface area contributed by atoms with E-state index >= 15 is 0 Å². The third-order valence-corrected chi connectivity index (χ3v) is 3.44. The molecule has 20 heavy (non-hydrogen) atoms. The summed E-state index contributed by atoms with van der Waals surface area (Å²) in [4.78, 5) is 12.4. The second-order valence-corrected chi connectivity index (χ2v) is 4.46. The third kappa shape index (κ3) is 1.26. The molecule has 0 atom stereocenters. The predicted molar refractivity (Wildman–Crippen MR) is 77.6 cm³/mol. The molecule has 0 saturated carbocycles. The van der Waals surface area contributed by atoms with Crippen molar-refractivity contribution < 1.29 is 0 Å². The van der Waals surface area contributed by atoms with Crippen LogP contribution in [-0.4, -0.2) is 0 Å². The van der Waals surface area contributed by atoms with Gasteiger partial charge < -0.3 is 11.5 Å². The maximum atomic E-state index is 12.4. The Morgan fingerprint density at radius 3 is 2.00 bits per heavy atom. The monoisotopic (exact) mass is 260 g/mol. The molecule has 5 nitrogen and oxygen atoms in total. The van der Waals surface area contributed by atoms with E-state index in [2.05, 4.69) is 0 Å². The van der Waals surface area contributed by atoms with Gasteiger partial charge in [-0.15, -0.1) is 0 Å². The lowest BCUT2D eigenvalue weighted by Crippen LogP contribution is -2.21. The van der Waals surface area contributed by atoms with Gasteiger partial charge in [0.2, 0.25) is 0 Å².